The minimum Gasteiger partial charge on any atom is -0.486 e. The minimum absolute atomic E-state index is 0.308. The van der Waals surface area contributed by atoms with E-state index in [9.17, 15) is 4.39 Å². The van der Waals surface area contributed by atoms with Gasteiger partial charge in [0.15, 0.2) is 0 Å². The Kier molecular flexibility index (Phi) is 5.20. The van der Waals surface area contributed by atoms with E-state index in [2.05, 4.69) is 35.1 Å². The average molecular weight is 342 g/mol. The van der Waals surface area contributed by atoms with E-state index in [1.54, 1.807) is 18.4 Å². The van der Waals surface area contributed by atoms with Crippen molar-refractivity contribution in [2.45, 2.75) is 33.0 Å². The lowest BCUT2D eigenvalue weighted by molar-refractivity contribution is 0.270. The van der Waals surface area contributed by atoms with Gasteiger partial charge in [-0.1, -0.05) is 13.8 Å². The molecular formula is C15H17BrFNO2. The van der Waals surface area contributed by atoms with Crippen molar-refractivity contribution in [1.29, 1.82) is 0 Å². The highest BCUT2D eigenvalue weighted by atomic mass is 79.9. The topological polar surface area (TPSA) is 34.4 Å². The molecule has 1 aromatic carbocycles. The molecule has 3 nitrogen and oxygen atoms in total. The molecule has 2 rings (SSSR count). The maximum absolute atomic E-state index is 13.1. The molecule has 0 saturated heterocycles. The van der Waals surface area contributed by atoms with Gasteiger partial charge in [-0.15, -0.1) is 0 Å². The zero-order valence-corrected chi connectivity index (χ0v) is 13.0. The van der Waals surface area contributed by atoms with Crippen LogP contribution in [0.2, 0.25) is 0 Å². The van der Waals surface area contributed by atoms with Crippen molar-refractivity contribution in [3.8, 4) is 5.75 Å². The molecule has 0 atom stereocenters. The number of halogens is 2. The monoisotopic (exact) mass is 341 g/mol. The second-order valence-electron chi connectivity index (χ2n) is 4.82. The minimum atomic E-state index is -0.308. The molecule has 108 valence electrons. The van der Waals surface area contributed by atoms with E-state index in [4.69, 9.17) is 9.15 Å². The molecule has 5 heteroatoms. The second-order valence-corrected chi connectivity index (χ2v) is 5.68. The van der Waals surface area contributed by atoms with E-state index in [1.807, 2.05) is 6.07 Å². The molecular weight excluding hydrogens is 325 g/mol. The lowest BCUT2D eigenvalue weighted by Crippen LogP contribution is -2.21. The second kappa shape index (κ2) is 6.90. The summed E-state index contributed by atoms with van der Waals surface area (Å²) in [7, 11) is 0. The van der Waals surface area contributed by atoms with Crippen molar-refractivity contribution < 1.29 is 13.5 Å². The average Bonchev–Trinajstić information content (AvgIpc) is 2.86. The van der Waals surface area contributed by atoms with Crippen LogP contribution in [-0.4, -0.2) is 6.04 Å². The van der Waals surface area contributed by atoms with Gasteiger partial charge in [0.1, 0.15) is 23.9 Å². The Hall–Kier alpha value is -1.33. The zero-order chi connectivity index (χ0) is 14.5. The van der Waals surface area contributed by atoms with Crippen LogP contribution in [0.25, 0.3) is 0 Å². The molecule has 0 spiro atoms. The van der Waals surface area contributed by atoms with Crippen LogP contribution >= 0.6 is 15.9 Å². The van der Waals surface area contributed by atoms with E-state index in [1.165, 1.54) is 6.07 Å². The summed E-state index contributed by atoms with van der Waals surface area (Å²) >= 11 is 3.12. The Bertz CT molecular complexity index is 569. The summed E-state index contributed by atoms with van der Waals surface area (Å²) in [4.78, 5) is 0. The van der Waals surface area contributed by atoms with Gasteiger partial charge in [0.05, 0.1) is 10.7 Å². The van der Waals surface area contributed by atoms with Crippen LogP contribution in [0.3, 0.4) is 0 Å². The fourth-order valence-corrected chi connectivity index (χ4v) is 2.00. The lowest BCUT2D eigenvalue weighted by atomic mass is 10.3. The van der Waals surface area contributed by atoms with E-state index < -0.39 is 0 Å². The number of rotatable bonds is 6. The maximum atomic E-state index is 13.1. The lowest BCUT2D eigenvalue weighted by Gasteiger charge is -2.05. The molecule has 1 N–H and O–H groups in total. The first-order valence-corrected chi connectivity index (χ1v) is 7.21. The van der Waals surface area contributed by atoms with Gasteiger partial charge in [0.25, 0.3) is 0 Å². The highest BCUT2D eigenvalue weighted by Crippen LogP contribution is 2.22. The van der Waals surface area contributed by atoms with Crippen LogP contribution in [0.1, 0.15) is 25.2 Å². The van der Waals surface area contributed by atoms with Gasteiger partial charge in [-0.25, -0.2) is 4.39 Å². The molecule has 20 heavy (non-hydrogen) atoms. The van der Waals surface area contributed by atoms with Crippen molar-refractivity contribution >= 4 is 15.9 Å². The summed E-state index contributed by atoms with van der Waals surface area (Å²) < 4.78 is 24.5. The third-order valence-corrected chi connectivity index (χ3v) is 3.30. The van der Waals surface area contributed by atoms with Crippen LogP contribution in [0.4, 0.5) is 4.39 Å². The Morgan fingerprint density at radius 3 is 2.85 bits per heavy atom. The van der Waals surface area contributed by atoms with Crippen molar-refractivity contribution in [2.75, 3.05) is 0 Å². The summed E-state index contributed by atoms with van der Waals surface area (Å²) in [6.07, 6.45) is 1.72. The predicted molar refractivity (Wildman–Crippen MR) is 79.1 cm³/mol. The Balaban J connectivity index is 1.89. The smallest absolute Gasteiger partial charge is 0.146 e. The zero-order valence-electron chi connectivity index (χ0n) is 11.5. The number of nitrogens with one attached hydrogen (secondary N) is 1. The van der Waals surface area contributed by atoms with Crippen LogP contribution in [0.5, 0.6) is 5.75 Å². The standard InChI is InChI=1S/C15H17BrFNO2/c1-10(2)18-7-11-5-13(19-8-11)9-20-12-3-4-15(17)14(16)6-12/h3-6,8,10,18H,7,9H2,1-2H3. The van der Waals surface area contributed by atoms with Gasteiger partial charge >= 0.3 is 0 Å². The molecule has 1 aromatic heterocycles. The van der Waals surface area contributed by atoms with Gasteiger partial charge in [-0.05, 0) is 40.2 Å². The molecule has 0 aliphatic heterocycles. The molecule has 0 amide bonds. The van der Waals surface area contributed by atoms with Crippen LogP contribution < -0.4 is 10.1 Å². The molecule has 0 aliphatic rings. The molecule has 0 saturated carbocycles. The largest absolute Gasteiger partial charge is 0.486 e. The fraction of sp³-hybridized carbons (Fsp3) is 0.333. The summed E-state index contributed by atoms with van der Waals surface area (Å²) in [5.41, 5.74) is 1.08. The predicted octanol–water partition coefficient (Wildman–Crippen LogP) is 4.26. The van der Waals surface area contributed by atoms with E-state index in [0.717, 1.165) is 17.9 Å². The third kappa shape index (κ3) is 4.35. The van der Waals surface area contributed by atoms with Crippen LogP contribution in [0.15, 0.2) is 39.4 Å². The fourth-order valence-electron chi connectivity index (χ4n) is 1.64. The number of ether oxygens (including phenoxy) is 1. The first-order chi connectivity index (χ1) is 9.54. The first kappa shape index (κ1) is 15.1. The molecule has 0 aliphatic carbocycles. The Labute approximate surface area is 126 Å². The highest BCUT2D eigenvalue weighted by Gasteiger charge is 2.05. The normalized spacial score (nSPS) is 11.1. The quantitative estimate of drug-likeness (QED) is 0.852. The molecule has 2 aromatic rings. The summed E-state index contributed by atoms with van der Waals surface area (Å²) in [5.74, 6) is 1.03. The van der Waals surface area contributed by atoms with Gasteiger partial charge in [-0.2, -0.15) is 0 Å². The molecule has 0 bridgehead atoms. The van der Waals surface area contributed by atoms with Gasteiger partial charge < -0.3 is 14.5 Å². The molecule has 0 radical (unpaired) electrons. The summed E-state index contributed by atoms with van der Waals surface area (Å²) in [6.45, 7) is 5.27. The summed E-state index contributed by atoms with van der Waals surface area (Å²) in [5, 5.41) is 3.31. The van der Waals surface area contributed by atoms with Crippen molar-refractivity contribution in [1.82, 2.24) is 5.32 Å². The van der Waals surface area contributed by atoms with Crippen LogP contribution in [-0.2, 0) is 13.2 Å². The maximum Gasteiger partial charge on any atom is 0.146 e. The van der Waals surface area contributed by atoms with Gasteiger partial charge in [0, 0.05) is 18.2 Å². The third-order valence-electron chi connectivity index (χ3n) is 2.69. The van der Waals surface area contributed by atoms with Crippen molar-refractivity contribution in [2.24, 2.45) is 0 Å². The first-order valence-electron chi connectivity index (χ1n) is 6.42. The highest BCUT2D eigenvalue weighted by molar-refractivity contribution is 9.10. The van der Waals surface area contributed by atoms with Crippen LogP contribution in [0, 0.1) is 5.82 Å². The number of furan rings is 1. The van der Waals surface area contributed by atoms with E-state index >= 15 is 0 Å². The molecule has 1 heterocycles. The summed E-state index contributed by atoms with van der Waals surface area (Å²) in [6, 6.07) is 6.93. The van der Waals surface area contributed by atoms with Gasteiger partial charge in [-0.3, -0.25) is 0 Å². The molecule has 0 fully saturated rings. The van der Waals surface area contributed by atoms with Crippen molar-refractivity contribution in [3.05, 3.63) is 52.1 Å². The number of hydrogen-bond donors (Lipinski definition) is 1. The number of hydrogen-bond acceptors (Lipinski definition) is 3. The SMILES string of the molecule is CC(C)NCc1coc(COc2ccc(F)c(Br)c2)c1. The van der Waals surface area contributed by atoms with E-state index in [-0.39, 0.29) is 5.82 Å². The Morgan fingerprint density at radius 2 is 2.15 bits per heavy atom. The Morgan fingerprint density at radius 1 is 1.35 bits per heavy atom. The number of benzene rings is 1. The van der Waals surface area contributed by atoms with Gasteiger partial charge in [0.2, 0.25) is 0 Å². The molecule has 0 unspecified atom stereocenters. The van der Waals surface area contributed by atoms with E-state index in [0.29, 0.717) is 22.9 Å². The van der Waals surface area contributed by atoms with Crippen molar-refractivity contribution in [3.63, 3.8) is 0 Å².